The number of likely N-dealkylation sites (tertiary alicyclic amines) is 1. The maximum Gasteiger partial charge on any atom is 0.290 e. The molecular weight excluding hydrogens is 296 g/mol. The van der Waals surface area contributed by atoms with E-state index >= 15 is 0 Å². The number of nitrogens with two attached hydrogens (primary N) is 1. The Balaban J connectivity index is 1.52. The average molecular weight is 314 g/mol. The predicted molar refractivity (Wildman–Crippen MR) is 80.8 cm³/mol. The van der Waals surface area contributed by atoms with Crippen molar-refractivity contribution in [3.05, 3.63) is 41.0 Å². The Morgan fingerprint density at radius 2 is 2.35 bits per heavy atom. The number of benzene rings is 1. The Kier molecular flexibility index (Phi) is 3.49. The summed E-state index contributed by atoms with van der Waals surface area (Å²) in [6.45, 7) is 2.54. The summed E-state index contributed by atoms with van der Waals surface area (Å²) in [6.07, 6.45) is 2.97. The SMILES string of the molecule is NC(=O)c1noc([C@@H]2CCCN2Cc2ccc3c(c2)CCO3)n1. The van der Waals surface area contributed by atoms with Crippen molar-refractivity contribution >= 4 is 5.91 Å². The zero-order chi connectivity index (χ0) is 15.8. The van der Waals surface area contributed by atoms with Crippen LogP contribution in [0.2, 0.25) is 0 Å². The van der Waals surface area contributed by atoms with Gasteiger partial charge in [0.2, 0.25) is 5.89 Å². The maximum absolute atomic E-state index is 11.1. The number of carbonyl (C=O) groups excluding carboxylic acids is 1. The number of aromatic nitrogens is 2. The molecule has 120 valence electrons. The summed E-state index contributed by atoms with van der Waals surface area (Å²) in [6, 6.07) is 6.39. The lowest BCUT2D eigenvalue weighted by Gasteiger charge is -2.21. The van der Waals surface area contributed by atoms with Crippen molar-refractivity contribution < 1.29 is 14.1 Å². The second-order valence-corrected chi connectivity index (χ2v) is 5.99. The molecule has 7 nitrogen and oxygen atoms in total. The lowest BCUT2D eigenvalue weighted by atomic mass is 10.1. The van der Waals surface area contributed by atoms with Gasteiger partial charge < -0.3 is 15.0 Å². The Morgan fingerprint density at radius 1 is 1.43 bits per heavy atom. The van der Waals surface area contributed by atoms with E-state index in [0.29, 0.717) is 5.89 Å². The van der Waals surface area contributed by atoms with Crippen LogP contribution in [0.4, 0.5) is 0 Å². The second-order valence-electron chi connectivity index (χ2n) is 5.99. The van der Waals surface area contributed by atoms with Crippen molar-refractivity contribution in [2.45, 2.75) is 31.8 Å². The predicted octanol–water partition coefficient (Wildman–Crippen LogP) is 1.44. The Morgan fingerprint density at radius 3 is 3.17 bits per heavy atom. The quantitative estimate of drug-likeness (QED) is 0.917. The highest BCUT2D eigenvalue weighted by atomic mass is 16.5. The van der Waals surface area contributed by atoms with E-state index in [1.807, 2.05) is 6.07 Å². The summed E-state index contributed by atoms with van der Waals surface area (Å²) in [5.41, 5.74) is 7.70. The number of hydrogen-bond acceptors (Lipinski definition) is 6. The molecule has 1 aromatic carbocycles. The first-order valence-corrected chi connectivity index (χ1v) is 7.83. The van der Waals surface area contributed by atoms with Gasteiger partial charge in [0.05, 0.1) is 12.6 Å². The highest BCUT2D eigenvalue weighted by Gasteiger charge is 2.31. The summed E-state index contributed by atoms with van der Waals surface area (Å²) in [5, 5.41) is 3.65. The van der Waals surface area contributed by atoms with Crippen LogP contribution in [0.15, 0.2) is 22.7 Å². The fraction of sp³-hybridized carbons (Fsp3) is 0.438. The summed E-state index contributed by atoms with van der Waals surface area (Å²) in [4.78, 5) is 17.6. The van der Waals surface area contributed by atoms with Gasteiger partial charge in [-0.15, -0.1) is 0 Å². The molecule has 1 fully saturated rings. The minimum absolute atomic E-state index is 0.0418. The van der Waals surface area contributed by atoms with E-state index in [4.69, 9.17) is 15.0 Å². The van der Waals surface area contributed by atoms with Gasteiger partial charge in [0, 0.05) is 13.0 Å². The van der Waals surface area contributed by atoms with E-state index in [1.54, 1.807) is 0 Å². The zero-order valence-electron chi connectivity index (χ0n) is 12.7. The summed E-state index contributed by atoms with van der Waals surface area (Å²) >= 11 is 0. The smallest absolute Gasteiger partial charge is 0.290 e. The molecule has 2 aliphatic rings. The highest BCUT2D eigenvalue weighted by molar-refractivity contribution is 5.88. The molecule has 1 amide bonds. The van der Waals surface area contributed by atoms with Gasteiger partial charge in [-0.1, -0.05) is 17.3 Å². The summed E-state index contributed by atoms with van der Waals surface area (Å²) in [5.74, 6) is 0.750. The molecule has 4 rings (SSSR count). The molecule has 0 saturated carbocycles. The van der Waals surface area contributed by atoms with E-state index < -0.39 is 5.91 Å². The second kappa shape index (κ2) is 5.66. The van der Waals surface area contributed by atoms with Crippen molar-refractivity contribution in [2.24, 2.45) is 5.73 Å². The van der Waals surface area contributed by atoms with Gasteiger partial charge in [-0.05, 0) is 36.6 Å². The molecular formula is C16H18N4O3. The first-order chi connectivity index (χ1) is 11.2. The Hall–Kier alpha value is -2.41. The number of nitrogens with zero attached hydrogens (tertiary/aromatic N) is 3. The normalized spacial score (nSPS) is 20.4. The third-order valence-corrected chi connectivity index (χ3v) is 4.45. The fourth-order valence-corrected chi connectivity index (χ4v) is 3.34. The van der Waals surface area contributed by atoms with Crippen LogP contribution in [0, 0.1) is 0 Å². The van der Waals surface area contributed by atoms with Crippen LogP contribution in [-0.4, -0.2) is 34.1 Å². The minimum atomic E-state index is -0.664. The molecule has 1 aromatic heterocycles. The number of amides is 1. The first-order valence-electron chi connectivity index (χ1n) is 7.83. The molecule has 2 aromatic rings. The highest BCUT2D eigenvalue weighted by Crippen LogP contribution is 2.33. The lowest BCUT2D eigenvalue weighted by molar-refractivity contribution is 0.0987. The van der Waals surface area contributed by atoms with E-state index in [2.05, 4.69) is 27.2 Å². The fourth-order valence-electron chi connectivity index (χ4n) is 3.34. The van der Waals surface area contributed by atoms with Crippen molar-refractivity contribution in [3.8, 4) is 5.75 Å². The van der Waals surface area contributed by atoms with Gasteiger partial charge in [0.15, 0.2) is 0 Å². The third kappa shape index (κ3) is 2.68. The minimum Gasteiger partial charge on any atom is -0.493 e. The van der Waals surface area contributed by atoms with Crippen LogP contribution < -0.4 is 10.5 Å². The van der Waals surface area contributed by atoms with Crippen molar-refractivity contribution in [1.29, 1.82) is 0 Å². The topological polar surface area (TPSA) is 94.5 Å². The standard InChI is InChI=1S/C16H18N4O3/c17-14(21)15-18-16(23-19-15)12-2-1-6-20(12)9-10-3-4-13-11(8-10)5-7-22-13/h3-4,8,12H,1-2,5-7,9H2,(H2,17,21)/t12-/m0/s1. The number of carbonyl (C=O) groups is 1. The van der Waals surface area contributed by atoms with E-state index in [0.717, 1.165) is 44.7 Å². The molecule has 3 heterocycles. The van der Waals surface area contributed by atoms with Gasteiger partial charge in [0.25, 0.3) is 11.7 Å². The Bertz CT molecular complexity index is 743. The first kappa shape index (κ1) is 14.2. The van der Waals surface area contributed by atoms with Crippen molar-refractivity contribution in [2.75, 3.05) is 13.2 Å². The van der Waals surface area contributed by atoms with Crippen LogP contribution in [0.5, 0.6) is 5.75 Å². The van der Waals surface area contributed by atoms with Crippen molar-refractivity contribution in [3.63, 3.8) is 0 Å². The van der Waals surface area contributed by atoms with Crippen LogP contribution in [0.1, 0.15) is 46.5 Å². The molecule has 2 N–H and O–H groups in total. The Labute approximate surface area is 133 Å². The van der Waals surface area contributed by atoms with Crippen LogP contribution in [0.3, 0.4) is 0 Å². The molecule has 7 heteroatoms. The average Bonchev–Trinajstić information content (AvgIpc) is 3.26. The summed E-state index contributed by atoms with van der Waals surface area (Å²) < 4.78 is 10.8. The maximum atomic E-state index is 11.1. The van der Waals surface area contributed by atoms with E-state index in [1.165, 1.54) is 11.1 Å². The van der Waals surface area contributed by atoms with E-state index in [9.17, 15) is 4.79 Å². The molecule has 23 heavy (non-hydrogen) atoms. The van der Waals surface area contributed by atoms with Gasteiger partial charge in [0.1, 0.15) is 5.75 Å². The van der Waals surface area contributed by atoms with Gasteiger partial charge >= 0.3 is 0 Å². The number of hydrogen-bond donors (Lipinski definition) is 1. The molecule has 0 bridgehead atoms. The lowest BCUT2D eigenvalue weighted by Crippen LogP contribution is -2.23. The monoisotopic (exact) mass is 314 g/mol. The van der Waals surface area contributed by atoms with Gasteiger partial charge in [-0.2, -0.15) is 4.98 Å². The molecule has 1 saturated heterocycles. The van der Waals surface area contributed by atoms with Crippen molar-refractivity contribution in [1.82, 2.24) is 15.0 Å². The van der Waals surface area contributed by atoms with E-state index in [-0.39, 0.29) is 11.9 Å². The van der Waals surface area contributed by atoms with Crippen LogP contribution in [-0.2, 0) is 13.0 Å². The molecule has 0 unspecified atom stereocenters. The number of rotatable bonds is 4. The largest absolute Gasteiger partial charge is 0.493 e. The molecule has 2 aliphatic heterocycles. The zero-order valence-corrected chi connectivity index (χ0v) is 12.7. The summed E-state index contributed by atoms with van der Waals surface area (Å²) in [7, 11) is 0. The number of fused-ring (bicyclic) bond motifs is 1. The van der Waals surface area contributed by atoms with Crippen LogP contribution in [0.25, 0.3) is 0 Å². The third-order valence-electron chi connectivity index (χ3n) is 4.45. The van der Waals surface area contributed by atoms with Gasteiger partial charge in [-0.3, -0.25) is 9.69 Å². The molecule has 0 radical (unpaired) electrons. The van der Waals surface area contributed by atoms with Crippen LogP contribution >= 0.6 is 0 Å². The van der Waals surface area contributed by atoms with Gasteiger partial charge in [-0.25, -0.2) is 0 Å². The molecule has 0 aliphatic carbocycles. The number of primary amides is 1. The number of ether oxygens (including phenoxy) is 1. The molecule has 0 spiro atoms. The molecule has 1 atom stereocenters.